The van der Waals surface area contributed by atoms with Gasteiger partial charge >= 0.3 is 0 Å². The van der Waals surface area contributed by atoms with Gasteiger partial charge in [0.25, 0.3) is 10.0 Å². The van der Waals surface area contributed by atoms with Crippen LogP contribution in [0.15, 0.2) is 46.3 Å². The number of aromatic amines is 1. The van der Waals surface area contributed by atoms with Crippen LogP contribution in [-0.4, -0.2) is 25.1 Å². The van der Waals surface area contributed by atoms with Gasteiger partial charge in [-0.25, -0.2) is 8.42 Å². The second kappa shape index (κ2) is 6.38. The molecule has 134 valence electrons. The zero-order chi connectivity index (χ0) is 18.5. The number of aromatic nitrogens is 1. The molecule has 0 spiro atoms. The fraction of sp³-hybridized carbons (Fsp3) is 0.0625. The summed E-state index contributed by atoms with van der Waals surface area (Å²) in [6, 6.07) is 7.75. The van der Waals surface area contributed by atoms with Crippen LogP contribution >= 0.6 is 35.0 Å². The molecule has 0 fully saturated rings. The molecule has 26 heavy (non-hydrogen) atoms. The van der Waals surface area contributed by atoms with Crippen LogP contribution < -0.4 is 10.0 Å². The van der Waals surface area contributed by atoms with E-state index in [9.17, 15) is 13.2 Å². The van der Waals surface area contributed by atoms with Crippen molar-refractivity contribution in [2.45, 2.75) is 9.79 Å². The summed E-state index contributed by atoms with van der Waals surface area (Å²) in [7, 11) is -3.88. The van der Waals surface area contributed by atoms with Crippen molar-refractivity contribution in [1.82, 2.24) is 4.98 Å². The van der Waals surface area contributed by atoms with Gasteiger partial charge in [-0.1, -0.05) is 23.2 Å². The molecule has 0 saturated heterocycles. The van der Waals surface area contributed by atoms with Gasteiger partial charge in [-0.05, 0) is 30.3 Å². The zero-order valence-electron chi connectivity index (χ0n) is 13.0. The first-order chi connectivity index (χ1) is 12.3. The fourth-order valence-electron chi connectivity index (χ4n) is 2.69. The van der Waals surface area contributed by atoms with Gasteiger partial charge in [-0.3, -0.25) is 9.52 Å². The number of carbonyl (C=O) groups is 1. The second-order valence-corrected chi connectivity index (χ2v) is 9.10. The zero-order valence-corrected chi connectivity index (χ0v) is 16.1. The highest BCUT2D eigenvalue weighted by Gasteiger charge is 2.22. The molecule has 6 nitrogen and oxygen atoms in total. The Hall–Kier alpha value is -1.87. The van der Waals surface area contributed by atoms with Crippen molar-refractivity contribution in [3.63, 3.8) is 0 Å². The van der Waals surface area contributed by atoms with Crippen molar-refractivity contribution < 1.29 is 13.2 Å². The summed E-state index contributed by atoms with van der Waals surface area (Å²) in [5.41, 5.74) is 1.30. The lowest BCUT2D eigenvalue weighted by molar-refractivity contribution is -0.113. The van der Waals surface area contributed by atoms with Crippen LogP contribution in [0.4, 0.5) is 11.4 Å². The number of benzene rings is 2. The lowest BCUT2D eigenvalue weighted by atomic mass is 10.2. The van der Waals surface area contributed by atoms with Gasteiger partial charge in [0.05, 0.1) is 37.6 Å². The lowest BCUT2D eigenvalue weighted by Crippen LogP contribution is -2.20. The highest BCUT2D eigenvalue weighted by Crippen LogP contribution is 2.36. The maximum Gasteiger partial charge on any atom is 0.262 e. The molecule has 1 aromatic heterocycles. The molecule has 0 bridgehead atoms. The number of nitrogens with one attached hydrogen (secondary N) is 3. The summed E-state index contributed by atoms with van der Waals surface area (Å²) >= 11 is 13.6. The van der Waals surface area contributed by atoms with Crippen LogP contribution in [0, 0.1) is 0 Å². The standard InChI is InChI=1S/C16H11Cl2N3O3S2/c17-9-2-3-11(16-15(9)10(18)6-19-16)21-26(23,24)8-1-4-13-12(5-8)20-14(22)7-25-13/h1-6,19,21H,7H2,(H,20,22). The Bertz CT molecular complexity index is 1160. The van der Waals surface area contributed by atoms with Gasteiger partial charge in [0.2, 0.25) is 5.91 Å². The number of fused-ring (bicyclic) bond motifs is 2. The molecule has 0 unspecified atom stereocenters. The van der Waals surface area contributed by atoms with Crippen LogP contribution in [0.1, 0.15) is 0 Å². The van der Waals surface area contributed by atoms with Crippen LogP contribution in [-0.2, 0) is 14.8 Å². The fourth-order valence-corrected chi connectivity index (χ4v) is 5.13. The molecule has 2 aromatic carbocycles. The minimum absolute atomic E-state index is 0.0415. The Kier molecular flexibility index (Phi) is 4.31. The molecular weight excluding hydrogens is 417 g/mol. The number of rotatable bonds is 3. The summed E-state index contributed by atoms with van der Waals surface area (Å²) < 4.78 is 28.1. The molecule has 3 N–H and O–H groups in total. The summed E-state index contributed by atoms with van der Waals surface area (Å²) in [5, 5.41) is 4.05. The minimum atomic E-state index is -3.88. The van der Waals surface area contributed by atoms with Crippen molar-refractivity contribution in [3.05, 3.63) is 46.6 Å². The van der Waals surface area contributed by atoms with E-state index in [4.69, 9.17) is 23.2 Å². The van der Waals surface area contributed by atoms with E-state index in [1.165, 1.54) is 23.9 Å². The molecule has 0 radical (unpaired) electrons. The Morgan fingerprint density at radius 3 is 2.73 bits per heavy atom. The van der Waals surface area contributed by atoms with E-state index in [0.29, 0.717) is 38.1 Å². The van der Waals surface area contributed by atoms with Gasteiger partial charge in [0, 0.05) is 16.5 Å². The largest absolute Gasteiger partial charge is 0.358 e. The number of thioether (sulfide) groups is 1. The van der Waals surface area contributed by atoms with Crippen molar-refractivity contribution in [1.29, 1.82) is 0 Å². The average Bonchev–Trinajstić information content (AvgIpc) is 2.99. The van der Waals surface area contributed by atoms with Gasteiger partial charge < -0.3 is 10.3 Å². The van der Waals surface area contributed by atoms with Crippen molar-refractivity contribution in [2.75, 3.05) is 15.8 Å². The summed E-state index contributed by atoms with van der Waals surface area (Å²) in [6.45, 7) is 0. The Labute approximate surface area is 163 Å². The molecule has 2 heterocycles. The van der Waals surface area contributed by atoms with E-state index in [1.54, 1.807) is 24.4 Å². The smallest absolute Gasteiger partial charge is 0.262 e. The molecule has 1 aliphatic heterocycles. The SMILES string of the molecule is O=C1CSc2ccc(S(=O)(=O)Nc3ccc(Cl)c4c(Cl)c[nH]c34)cc2N1. The summed E-state index contributed by atoms with van der Waals surface area (Å²) in [4.78, 5) is 15.3. The number of halogens is 2. The summed E-state index contributed by atoms with van der Waals surface area (Å²) in [6.07, 6.45) is 1.54. The third-order valence-electron chi connectivity index (χ3n) is 3.88. The van der Waals surface area contributed by atoms with Crippen molar-refractivity contribution >= 4 is 73.2 Å². The van der Waals surface area contributed by atoms with E-state index < -0.39 is 10.0 Å². The van der Waals surface area contributed by atoms with Crippen LogP contribution in [0.3, 0.4) is 0 Å². The maximum absolute atomic E-state index is 12.8. The number of anilines is 2. The van der Waals surface area contributed by atoms with E-state index in [-0.39, 0.29) is 10.8 Å². The van der Waals surface area contributed by atoms with E-state index in [2.05, 4.69) is 15.0 Å². The highest BCUT2D eigenvalue weighted by atomic mass is 35.5. The molecule has 10 heteroatoms. The van der Waals surface area contributed by atoms with E-state index >= 15 is 0 Å². The Morgan fingerprint density at radius 1 is 1.12 bits per heavy atom. The molecule has 0 saturated carbocycles. The monoisotopic (exact) mass is 427 g/mol. The predicted molar refractivity (Wildman–Crippen MR) is 105 cm³/mol. The number of H-pyrrole nitrogens is 1. The van der Waals surface area contributed by atoms with Crippen molar-refractivity contribution in [3.8, 4) is 0 Å². The van der Waals surface area contributed by atoms with Gasteiger partial charge in [-0.2, -0.15) is 0 Å². The third-order valence-corrected chi connectivity index (χ3v) is 6.92. The quantitative estimate of drug-likeness (QED) is 0.580. The molecule has 4 rings (SSSR count). The van der Waals surface area contributed by atoms with Crippen LogP contribution in [0.2, 0.25) is 10.0 Å². The summed E-state index contributed by atoms with van der Waals surface area (Å²) in [5.74, 6) is 0.152. The number of carbonyl (C=O) groups excluding carboxylic acids is 1. The molecular formula is C16H11Cl2N3O3S2. The molecule has 1 amide bonds. The first-order valence-corrected chi connectivity index (χ1v) is 10.6. The number of hydrogen-bond donors (Lipinski definition) is 3. The number of amides is 1. The first-order valence-electron chi connectivity index (χ1n) is 7.40. The molecule has 3 aromatic rings. The predicted octanol–water partition coefficient (Wildman–Crippen LogP) is 4.32. The normalized spacial score (nSPS) is 14.2. The number of hydrogen-bond acceptors (Lipinski definition) is 4. The topological polar surface area (TPSA) is 91.1 Å². The maximum atomic E-state index is 12.8. The van der Waals surface area contributed by atoms with E-state index in [0.717, 1.165) is 4.90 Å². The minimum Gasteiger partial charge on any atom is -0.358 e. The molecule has 0 atom stereocenters. The van der Waals surface area contributed by atoms with Gasteiger partial charge in [0.15, 0.2) is 0 Å². The lowest BCUT2D eigenvalue weighted by Gasteiger charge is -2.17. The third kappa shape index (κ3) is 3.03. The van der Waals surface area contributed by atoms with Crippen LogP contribution in [0.25, 0.3) is 10.9 Å². The van der Waals surface area contributed by atoms with Crippen molar-refractivity contribution in [2.24, 2.45) is 0 Å². The molecule has 1 aliphatic rings. The Balaban J connectivity index is 1.74. The van der Waals surface area contributed by atoms with Crippen LogP contribution in [0.5, 0.6) is 0 Å². The van der Waals surface area contributed by atoms with Gasteiger partial charge in [0.1, 0.15) is 0 Å². The second-order valence-electron chi connectivity index (χ2n) is 5.58. The Morgan fingerprint density at radius 2 is 1.92 bits per heavy atom. The van der Waals surface area contributed by atoms with Gasteiger partial charge in [-0.15, -0.1) is 11.8 Å². The highest BCUT2D eigenvalue weighted by molar-refractivity contribution is 8.00. The molecule has 0 aliphatic carbocycles. The number of sulfonamides is 1. The average molecular weight is 428 g/mol. The first kappa shape index (κ1) is 17.5. The van der Waals surface area contributed by atoms with E-state index in [1.807, 2.05) is 0 Å².